The fraction of sp³-hybridized carbons (Fsp3) is 0.615. The van der Waals surface area contributed by atoms with E-state index in [-0.39, 0.29) is 24.2 Å². The van der Waals surface area contributed by atoms with E-state index < -0.39 is 0 Å². The monoisotopic (exact) mass is 322 g/mol. The van der Waals surface area contributed by atoms with E-state index in [4.69, 9.17) is 11.6 Å². The number of thiophene rings is 1. The van der Waals surface area contributed by atoms with Crippen LogP contribution in [-0.2, 0) is 11.2 Å². The predicted molar refractivity (Wildman–Crippen MR) is 83.5 cm³/mol. The van der Waals surface area contributed by atoms with Crippen molar-refractivity contribution >= 4 is 41.3 Å². The van der Waals surface area contributed by atoms with Gasteiger partial charge in [-0.2, -0.15) is 0 Å². The quantitative estimate of drug-likeness (QED) is 0.895. The van der Waals surface area contributed by atoms with E-state index >= 15 is 0 Å². The zero-order chi connectivity index (χ0) is 13.0. The van der Waals surface area contributed by atoms with Crippen molar-refractivity contribution in [2.45, 2.75) is 32.2 Å². The predicted octanol–water partition coefficient (Wildman–Crippen LogP) is 2.87. The first kappa shape index (κ1) is 16.8. The number of hydrogen-bond donors (Lipinski definition) is 2. The number of hydrogen-bond acceptors (Lipinski definition) is 3. The summed E-state index contributed by atoms with van der Waals surface area (Å²) in [5, 5.41) is 6.39. The van der Waals surface area contributed by atoms with Crippen LogP contribution in [0.2, 0.25) is 4.34 Å². The number of piperidine rings is 1. The Morgan fingerprint density at radius 1 is 1.58 bits per heavy atom. The maximum atomic E-state index is 12.0. The van der Waals surface area contributed by atoms with Gasteiger partial charge >= 0.3 is 0 Å². The fourth-order valence-electron chi connectivity index (χ4n) is 2.31. The molecule has 1 saturated heterocycles. The molecular formula is C13H20Cl2N2OS. The van der Waals surface area contributed by atoms with Gasteiger partial charge in [0.2, 0.25) is 5.91 Å². The van der Waals surface area contributed by atoms with E-state index in [2.05, 4.69) is 17.6 Å². The number of amides is 1. The van der Waals surface area contributed by atoms with Gasteiger partial charge in [0.05, 0.1) is 4.34 Å². The van der Waals surface area contributed by atoms with E-state index in [1.165, 1.54) is 4.88 Å². The molecule has 1 aliphatic heterocycles. The first-order valence-electron chi connectivity index (χ1n) is 6.40. The molecule has 2 rings (SSSR count). The van der Waals surface area contributed by atoms with Crippen LogP contribution in [0, 0.1) is 5.92 Å². The van der Waals surface area contributed by atoms with Crippen LogP contribution in [0.4, 0.5) is 0 Å². The van der Waals surface area contributed by atoms with Crippen LogP contribution in [0.1, 0.15) is 24.6 Å². The van der Waals surface area contributed by atoms with Gasteiger partial charge in [-0.3, -0.25) is 4.79 Å². The average molecular weight is 323 g/mol. The number of rotatable bonds is 4. The van der Waals surface area contributed by atoms with E-state index in [0.717, 1.165) is 30.1 Å². The Labute approximate surface area is 129 Å². The van der Waals surface area contributed by atoms with Crippen LogP contribution >= 0.6 is 35.3 Å². The lowest BCUT2D eigenvalue weighted by Crippen LogP contribution is -2.42. The molecular weight excluding hydrogens is 303 g/mol. The third kappa shape index (κ3) is 5.30. The Balaban J connectivity index is 0.00000180. The smallest absolute Gasteiger partial charge is 0.223 e. The second-order valence-corrected chi connectivity index (χ2v) is 6.62. The zero-order valence-corrected chi connectivity index (χ0v) is 13.3. The van der Waals surface area contributed by atoms with Crippen molar-refractivity contribution in [3.05, 3.63) is 21.3 Å². The summed E-state index contributed by atoms with van der Waals surface area (Å²) < 4.78 is 0.809. The molecule has 1 aromatic heterocycles. The van der Waals surface area contributed by atoms with Crippen molar-refractivity contribution in [3.8, 4) is 0 Å². The van der Waals surface area contributed by atoms with E-state index in [9.17, 15) is 4.79 Å². The Hall–Kier alpha value is -0.290. The van der Waals surface area contributed by atoms with Crippen molar-refractivity contribution in [3.63, 3.8) is 0 Å². The number of carbonyl (C=O) groups excluding carboxylic acids is 1. The molecule has 19 heavy (non-hydrogen) atoms. The van der Waals surface area contributed by atoms with Crippen molar-refractivity contribution in [2.75, 3.05) is 13.1 Å². The summed E-state index contributed by atoms with van der Waals surface area (Å²) in [7, 11) is 0. The second kappa shape index (κ2) is 8.10. The van der Waals surface area contributed by atoms with Gasteiger partial charge in [0, 0.05) is 23.4 Å². The van der Waals surface area contributed by atoms with E-state index in [0.29, 0.717) is 12.6 Å². The van der Waals surface area contributed by atoms with Crippen LogP contribution in [-0.4, -0.2) is 25.0 Å². The molecule has 0 bridgehead atoms. The minimum Gasteiger partial charge on any atom is -0.355 e. The Morgan fingerprint density at radius 2 is 2.37 bits per heavy atom. The van der Waals surface area contributed by atoms with Gasteiger partial charge in [-0.25, -0.2) is 0 Å². The van der Waals surface area contributed by atoms with Gasteiger partial charge in [-0.05, 0) is 44.9 Å². The lowest BCUT2D eigenvalue weighted by molar-refractivity contribution is -0.126. The topological polar surface area (TPSA) is 41.1 Å². The van der Waals surface area contributed by atoms with Gasteiger partial charge in [0.15, 0.2) is 0 Å². The van der Waals surface area contributed by atoms with Crippen LogP contribution in [0.3, 0.4) is 0 Å². The molecule has 2 heterocycles. The molecule has 1 aromatic rings. The highest BCUT2D eigenvalue weighted by Gasteiger charge is 2.24. The van der Waals surface area contributed by atoms with Crippen molar-refractivity contribution in [2.24, 2.45) is 5.92 Å². The summed E-state index contributed by atoms with van der Waals surface area (Å²) in [5.74, 6) is 0.374. The van der Waals surface area contributed by atoms with Crippen LogP contribution in [0.15, 0.2) is 12.1 Å². The van der Waals surface area contributed by atoms with Crippen molar-refractivity contribution in [1.29, 1.82) is 0 Å². The van der Waals surface area contributed by atoms with Crippen LogP contribution in [0.25, 0.3) is 0 Å². The minimum atomic E-state index is 0. The molecule has 108 valence electrons. The zero-order valence-electron chi connectivity index (χ0n) is 10.9. The van der Waals surface area contributed by atoms with Gasteiger partial charge in [0.25, 0.3) is 0 Å². The highest BCUT2D eigenvalue weighted by molar-refractivity contribution is 7.16. The Morgan fingerprint density at radius 3 is 3.00 bits per heavy atom. The van der Waals surface area contributed by atoms with E-state index in [1.54, 1.807) is 11.3 Å². The maximum absolute atomic E-state index is 12.0. The second-order valence-electron chi connectivity index (χ2n) is 4.82. The van der Waals surface area contributed by atoms with Crippen LogP contribution < -0.4 is 10.6 Å². The highest BCUT2D eigenvalue weighted by Crippen LogP contribution is 2.21. The van der Waals surface area contributed by atoms with Gasteiger partial charge in [-0.15, -0.1) is 23.7 Å². The molecule has 1 amide bonds. The molecule has 0 aromatic carbocycles. The van der Waals surface area contributed by atoms with Gasteiger partial charge < -0.3 is 10.6 Å². The molecule has 0 spiro atoms. The maximum Gasteiger partial charge on any atom is 0.223 e. The van der Waals surface area contributed by atoms with Gasteiger partial charge in [-0.1, -0.05) is 11.6 Å². The standard InChI is InChI=1S/C13H19ClN2OS.ClH/c1-9-8-10(4-6-15-9)13(17)16-7-5-11-2-3-12(14)18-11;/h2-3,9-10,15H,4-8H2,1H3,(H,16,17);1H/t9-,10-;/m0./s1. The van der Waals surface area contributed by atoms with Crippen molar-refractivity contribution in [1.82, 2.24) is 10.6 Å². The molecule has 1 fully saturated rings. The molecule has 0 saturated carbocycles. The summed E-state index contributed by atoms with van der Waals surface area (Å²) in [5.41, 5.74) is 0. The SMILES string of the molecule is C[C@H]1C[C@@H](C(=O)NCCc2ccc(Cl)s2)CCN1.Cl. The number of nitrogens with one attached hydrogen (secondary N) is 2. The normalized spacial score (nSPS) is 22.6. The third-order valence-corrected chi connectivity index (χ3v) is 4.58. The largest absolute Gasteiger partial charge is 0.355 e. The average Bonchev–Trinajstić information content (AvgIpc) is 2.75. The fourth-order valence-corrected chi connectivity index (χ4v) is 3.40. The van der Waals surface area contributed by atoms with Crippen LogP contribution in [0.5, 0.6) is 0 Å². The first-order valence-corrected chi connectivity index (χ1v) is 7.60. The Kier molecular flexibility index (Phi) is 7.15. The molecule has 6 heteroatoms. The first-order chi connectivity index (χ1) is 8.65. The molecule has 3 nitrogen and oxygen atoms in total. The molecule has 2 N–H and O–H groups in total. The Bertz CT molecular complexity index is 411. The number of halogens is 2. The van der Waals surface area contributed by atoms with Gasteiger partial charge in [0.1, 0.15) is 0 Å². The lowest BCUT2D eigenvalue weighted by atomic mass is 9.92. The summed E-state index contributed by atoms with van der Waals surface area (Å²) in [4.78, 5) is 13.2. The lowest BCUT2D eigenvalue weighted by Gasteiger charge is -2.27. The molecule has 1 aliphatic rings. The number of carbonyl (C=O) groups is 1. The molecule has 0 aliphatic carbocycles. The van der Waals surface area contributed by atoms with E-state index in [1.807, 2.05) is 12.1 Å². The van der Waals surface area contributed by atoms with Crippen molar-refractivity contribution < 1.29 is 4.79 Å². The summed E-state index contributed by atoms with van der Waals surface area (Å²) >= 11 is 7.44. The summed E-state index contributed by atoms with van der Waals surface area (Å²) in [6.07, 6.45) is 2.75. The minimum absolute atomic E-state index is 0. The summed E-state index contributed by atoms with van der Waals surface area (Å²) in [6.45, 7) is 3.78. The molecule has 2 atom stereocenters. The third-order valence-electron chi connectivity index (χ3n) is 3.29. The molecule has 0 unspecified atom stereocenters. The highest BCUT2D eigenvalue weighted by atomic mass is 35.5. The molecule has 0 radical (unpaired) electrons. The summed E-state index contributed by atoms with van der Waals surface area (Å²) in [6, 6.07) is 4.37.